The number of sulfonamides is 1. The van der Waals surface area contributed by atoms with E-state index in [9.17, 15) is 22.4 Å². The summed E-state index contributed by atoms with van der Waals surface area (Å²) >= 11 is 0. The van der Waals surface area contributed by atoms with Crippen LogP contribution in [0.5, 0.6) is 0 Å². The van der Waals surface area contributed by atoms with Crippen molar-refractivity contribution in [2.24, 2.45) is 4.40 Å². The first-order valence-corrected chi connectivity index (χ1v) is 10.1. The SMILES string of the molecule is C[C@H](OC(=O)C1=CC=CN2CCS(=O)(=O)N=C12)C(=O)NCc1ccc(F)cc1. The summed E-state index contributed by atoms with van der Waals surface area (Å²) in [5.74, 6) is -1.94. The first kappa shape index (κ1) is 19.7. The Bertz CT molecular complexity index is 983. The fourth-order valence-corrected chi connectivity index (χ4v) is 3.57. The number of benzene rings is 1. The molecule has 0 saturated heterocycles. The molecule has 0 aliphatic carbocycles. The smallest absolute Gasteiger partial charge is 0.342 e. The molecular formula is C18H18FN3O5S. The standard InChI is InChI=1S/C18H18FN3O5S/c1-12(17(23)20-11-13-4-6-14(19)7-5-13)27-18(24)15-3-2-8-22-9-10-28(25,26)21-16(15)22/h2-8,12H,9-11H2,1H3,(H,20,23)/t12-/m0/s1. The van der Waals surface area contributed by atoms with Crippen LogP contribution in [0.1, 0.15) is 12.5 Å². The molecule has 2 heterocycles. The number of fused-ring (bicyclic) bond motifs is 1. The number of carbonyl (C=O) groups is 2. The van der Waals surface area contributed by atoms with Gasteiger partial charge in [0, 0.05) is 19.3 Å². The highest BCUT2D eigenvalue weighted by atomic mass is 32.2. The second-order valence-corrected chi connectivity index (χ2v) is 7.96. The van der Waals surface area contributed by atoms with Gasteiger partial charge >= 0.3 is 5.97 Å². The van der Waals surface area contributed by atoms with Crippen molar-refractivity contribution in [3.8, 4) is 0 Å². The number of esters is 1. The molecule has 28 heavy (non-hydrogen) atoms. The summed E-state index contributed by atoms with van der Waals surface area (Å²) in [6, 6.07) is 5.61. The highest BCUT2D eigenvalue weighted by Crippen LogP contribution is 2.19. The Labute approximate surface area is 161 Å². The Morgan fingerprint density at radius 1 is 1.32 bits per heavy atom. The summed E-state index contributed by atoms with van der Waals surface area (Å²) in [6.07, 6.45) is 3.46. The van der Waals surface area contributed by atoms with Gasteiger partial charge in [0.25, 0.3) is 15.9 Å². The molecule has 0 saturated carbocycles. The molecule has 1 aromatic rings. The van der Waals surface area contributed by atoms with Crippen molar-refractivity contribution in [3.05, 3.63) is 59.6 Å². The van der Waals surface area contributed by atoms with Crippen molar-refractivity contribution >= 4 is 27.7 Å². The van der Waals surface area contributed by atoms with E-state index < -0.39 is 28.0 Å². The van der Waals surface area contributed by atoms with E-state index in [0.717, 1.165) is 0 Å². The van der Waals surface area contributed by atoms with Crippen LogP contribution in [0.25, 0.3) is 0 Å². The van der Waals surface area contributed by atoms with Crippen LogP contribution in [-0.2, 0) is 30.9 Å². The number of hydrogen-bond donors (Lipinski definition) is 1. The van der Waals surface area contributed by atoms with Gasteiger partial charge < -0.3 is 15.0 Å². The largest absolute Gasteiger partial charge is 0.449 e. The minimum Gasteiger partial charge on any atom is -0.449 e. The zero-order chi connectivity index (χ0) is 20.3. The molecule has 8 nitrogen and oxygen atoms in total. The summed E-state index contributed by atoms with van der Waals surface area (Å²) in [5.41, 5.74) is 0.648. The number of nitrogens with one attached hydrogen (secondary N) is 1. The number of allylic oxidation sites excluding steroid dienone is 2. The molecule has 0 fully saturated rings. The third kappa shape index (κ3) is 4.63. The maximum Gasteiger partial charge on any atom is 0.342 e. The predicted octanol–water partition coefficient (Wildman–Crippen LogP) is 0.871. The minimum atomic E-state index is -3.65. The second kappa shape index (κ2) is 7.93. The highest BCUT2D eigenvalue weighted by Gasteiger charge is 2.32. The number of nitrogens with zero attached hydrogens (tertiary/aromatic N) is 2. The Hall–Kier alpha value is -3.01. The predicted molar refractivity (Wildman–Crippen MR) is 99.0 cm³/mol. The molecule has 1 amide bonds. The van der Waals surface area contributed by atoms with Crippen LogP contribution in [0.2, 0.25) is 0 Å². The number of halogens is 1. The summed E-state index contributed by atoms with van der Waals surface area (Å²) in [4.78, 5) is 26.1. The summed E-state index contributed by atoms with van der Waals surface area (Å²) in [7, 11) is -3.65. The van der Waals surface area contributed by atoms with Gasteiger partial charge in [0.15, 0.2) is 11.9 Å². The maximum absolute atomic E-state index is 12.9. The van der Waals surface area contributed by atoms with Crippen LogP contribution in [0.15, 0.2) is 52.6 Å². The van der Waals surface area contributed by atoms with Crippen molar-refractivity contribution in [1.82, 2.24) is 10.2 Å². The zero-order valence-corrected chi connectivity index (χ0v) is 15.8. The van der Waals surface area contributed by atoms with E-state index in [0.29, 0.717) is 5.56 Å². The number of hydrogen-bond acceptors (Lipinski definition) is 6. The first-order valence-electron chi connectivity index (χ1n) is 8.46. The molecule has 0 unspecified atom stereocenters. The molecule has 2 aliphatic heterocycles. The molecule has 2 aliphatic rings. The molecule has 0 bridgehead atoms. The topological polar surface area (TPSA) is 105 Å². The molecule has 1 atom stereocenters. The van der Waals surface area contributed by atoms with Gasteiger partial charge in [-0.15, -0.1) is 4.40 Å². The van der Waals surface area contributed by atoms with Gasteiger partial charge in [-0.1, -0.05) is 12.1 Å². The Balaban J connectivity index is 1.62. The van der Waals surface area contributed by atoms with Gasteiger partial charge in [0.1, 0.15) is 11.4 Å². The Morgan fingerprint density at radius 2 is 2.04 bits per heavy atom. The van der Waals surface area contributed by atoms with Crippen molar-refractivity contribution in [2.75, 3.05) is 12.3 Å². The number of rotatable bonds is 5. The molecule has 148 valence electrons. The quantitative estimate of drug-likeness (QED) is 0.727. The van der Waals surface area contributed by atoms with Gasteiger partial charge in [-0.2, -0.15) is 0 Å². The lowest BCUT2D eigenvalue weighted by Crippen LogP contribution is -2.41. The average molecular weight is 407 g/mol. The van der Waals surface area contributed by atoms with Crippen LogP contribution in [0.3, 0.4) is 0 Å². The van der Waals surface area contributed by atoms with Crippen molar-refractivity contribution in [3.63, 3.8) is 0 Å². The van der Waals surface area contributed by atoms with Crippen LogP contribution in [-0.4, -0.2) is 49.4 Å². The van der Waals surface area contributed by atoms with Crippen LogP contribution in [0.4, 0.5) is 4.39 Å². The van der Waals surface area contributed by atoms with E-state index in [1.807, 2.05) is 0 Å². The Morgan fingerprint density at radius 3 is 2.75 bits per heavy atom. The molecule has 1 aromatic carbocycles. The lowest BCUT2D eigenvalue weighted by Gasteiger charge is -2.28. The van der Waals surface area contributed by atoms with Gasteiger partial charge in [-0.25, -0.2) is 17.6 Å². The van der Waals surface area contributed by atoms with Gasteiger partial charge in [-0.3, -0.25) is 4.79 Å². The van der Waals surface area contributed by atoms with E-state index in [2.05, 4.69) is 9.71 Å². The molecular weight excluding hydrogens is 389 g/mol. The molecule has 3 rings (SSSR count). The fraction of sp³-hybridized carbons (Fsp3) is 0.278. The van der Waals surface area contributed by atoms with E-state index in [-0.39, 0.29) is 36.1 Å². The lowest BCUT2D eigenvalue weighted by molar-refractivity contribution is -0.150. The van der Waals surface area contributed by atoms with Gasteiger partial charge in [0.2, 0.25) is 0 Å². The number of amidine groups is 1. The normalized spacial score (nSPS) is 18.4. The molecule has 1 N–H and O–H groups in total. The summed E-state index contributed by atoms with van der Waals surface area (Å²) < 4.78 is 45.2. The number of ether oxygens (including phenoxy) is 1. The minimum absolute atomic E-state index is 0.0160. The second-order valence-electron chi connectivity index (χ2n) is 6.21. The number of carbonyl (C=O) groups excluding carboxylic acids is 2. The average Bonchev–Trinajstić information content (AvgIpc) is 2.66. The van der Waals surface area contributed by atoms with E-state index in [4.69, 9.17) is 4.74 Å². The maximum atomic E-state index is 12.9. The third-order valence-corrected chi connectivity index (χ3v) is 5.26. The van der Waals surface area contributed by atoms with Gasteiger partial charge in [-0.05, 0) is 36.8 Å². The van der Waals surface area contributed by atoms with Crippen LogP contribution in [0, 0.1) is 5.82 Å². The molecule has 10 heteroatoms. The molecule has 0 radical (unpaired) electrons. The van der Waals surface area contributed by atoms with Crippen LogP contribution >= 0.6 is 0 Å². The van der Waals surface area contributed by atoms with Crippen molar-refractivity contribution in [1.29, 1.82) is 0 Å². The monoisotopic (exact) mass is 407 g/mol. The first-order chi connectivity index (χ1) is 13.2. The summed E-state index contributed by atoms with van der Waals surface area (Å²) in [5, 5.41) is 2.59. The van der Waals surface area contributed by atoms with E-state index >= 15 is 0 Å². The van der Waals surface area contributed by atoms with Gasteiger partial charge in [0.05, 0.1) is 5.75 Å². The number of amides is 1. The molecule has 0 spiro atoms. The lowest BCUT2D eigenvalue weighted by atomic mass is 10.1. The fourth-order valence-electron chi connectivity index (χ4n) is 2.59. The van der Waals surface area contributed by atoms with E-state index in [1.54, 1.807) is 12.3 Å². The third-order valence-electron chi connectivity index (χ3n) is 4.11. The van der Waals surface area contributed by atoms with Crippen molar-refractivity contribution < 1.29 is 27.1 Å². The van der Waals surface area contributed by atoms with Crippen LogP contribution < -0.4 is 5.32 Å². The zero-order valence-electron chi connectivity index (χ0n) is 15.0. The van der Waals surface area contributed by atoms with E-state index in [1.165, 1.54) is 42.2 Å². The Kier molecular flexibility index (Phi) is 5.59. The molecule has 0 aromatic heterocycles. The van der Waals surface area contributed by atoms with Crippen molar-refractivity contribution in [2.45, 2.75) is 19.6 Å². The summed E-state index contributed by atoms with van der Waals surface area (Å²) in [6.45, 7) is 1.72. The highest BCUT2D eigenvalue weighted by molar-refractivity contribution is 7.90.